The molecule has 1 N–H and O–H groups in total. The molecule has 0 aliphatic carbocycles. The Balaban J connectivity index is 1.47. The largest absolute Gasteiger partial charge is 0.431 e. The molecule has 2 heterocycles. The van der Waals surface area contributed by atoms with Crippen LogP contribution in [-0.4, -0.2) is 15.9 Å². The minimum Gasteiger partial charge on any atom is -0.431 e. The number of benzene rings is 2. The van der Waals surface area contributed by atoms with Crippen molar-refractivity contribution in [2.75, 3.05) is 5.32 Å². The molecular weight excluding hydrogens is 342 g/mol. The summed E-state index contributed by atoms with van der Waals surface area (Å²) in [4.78, 5) is 20.6. The van der Waals surface area contributed by atoms with Crippen LogP contribution in [0.15, 0.2) is 59.6 Å². The zero-order valence-electron chi connectivity index (χ0n) is 12.3. The van der Waals surface area contributed by atoms with E-state index in [2.05, 4.69) is 15.3 Å². The van der Waals surface area contributed by atoms with E-state index in [4.69, 9.17) is 4.74 Å². The summed E-state index contributed by atoms with van der Waals surface area (Å²) in [5, 5.41) is 5.30. The normalized spacial score (nSPS) is 10.7. The average Bonchev–Trinajstić information content (AvgIpc) is 3.26. The van der Waals surface area contributed by atoms with E-state index in [1.165, 1.54) is 11.3 Å². The monoisotopic (exact) mass is 353 g/mol. The van der Waals surface area contributed by atoms with Crippen molar-refractivity contribution in [2.45, 2.75) is 0 Å². The third-order valence-corrected chi connectivity index (χ3v) is 4.78. The number of rotatable bonds is 4. The predicted molar refractivity (Wildman–Crippen MR) is 96.2 cm³/mol. The number of carbonyl (C=O) groups excluding carboxylic acids is 1. The number of anilines is 1. The van der Waals surface area contributed by atoms with Gasteiger partial charge in [-0.2, -0.15) is 0 Å². The molecule has 0 aliphatic rings. The van der Waals surface area contributed by atoms with Gasteiger partial charge in [-0.15, -0.1) is 11.3 Å². The number of carbonyl (C=O) groups is 1. The van der Waals surface area contributed by atoms with Gasteiger partial charge in [0.2, 0.25) is 0 Å². The SMILES string of the molecule is O=C(Nc1ccc2scnc2c1)c1ccc(Oc2nccs2)cc1. The summed E-state index contributed by atoms with van der Waals surface area (Å²) < 4.78 is 6.67. The van der Waals surface area contributed by atoms with E-state index in [1.54, 1.807) is 47.3 Å². The number of nitrogens with one attached hydrogen (secondary N) is 1. The minimum atomic E-state index is -0.176. The summed E-state index contributed by atoms with van der Waals surface area (Å²) in [5.74, 6) is 0.468. The summed E-state index contributed by atoms with van der Waals surface area (Å²) in [6.45, 7) is 0. The van der Waals surface area contributed by atoms with Crippen LogP contribution in [-0.2, 0) is 0 Å². The maximum atomic E-state index is 12.3. The van der Waals surface area contributed by atoms with Gasteiger partial charge < -0.3 is 10.1 Å². The van der Waals surface area contributed by atoms with Gasteiger partial charge >= 0.3 is 0 Å². The van der Waals surface area contributed by atoms with E-state index in [1.807, 2.05) is 23.6 Å². The lowest BCUT2D eigenvalue weighted by Gasteiger charge is -2.06. The molecule has 0 spiro atoms. The molecule has 2 aromatic carbocycles. The maximum absolute atomic E-state index is 12.3. The van der Waals surface area contributed by atoms with Gasteiger partial charge in [0.25, 0.3) is 11.1 Å². The first-order valence-corrected chi connectivity index (χ1v) is 8.86. The Bertz CT molecular complexity index is 979. The highest BCUT2D eigenvalue weighted by molar-refractivity contribution is 7.16. The average molecular weight is 353 g/mol. The third kappa shape index (κ3) is 3.12. The molecule has 118 valence electrons. The molecule has 0 aliphatic heterocycles. The topological polar surface area (TPSA) is 64.1 Å². The predicted octanol–water partition coefficient (Wildman–Crippen LogP) is 4.80. The number of hydrogen-bond acceptors (Lipinski definition) is 6. The van der Waals surface area contributed by atoms with Gasteiger partial charge in [-0.25, -0.2) is 9.97 Å². The summed E-state index contributed by atoms with van der Waals surface area (Å²) >= 11 is 2.99. The Morgan fingerprint density at radius 3 is 2.71 bits per heavy atom. The standard InChI is InChI=1S/C17H11N3O2S2/c21-16(20-12-3-6-15-14(9-12)19-10-24-15)11-1-4-13(5-2-11)22-17-18-7-8-23-17/h1-10H,(H,20,21). The number of hydrogen-bond donors (Lipinski definition) is 1. The number of ether oxygens (including phenoxy) is 1. The molecule has 0 unspecified atom stereocenters. The molecule has 24 heavy (non-hydrogen) atoms. The molecule has 0 radical (unpaired) electrons. The van der Waals surface area contributed by atoms with Gasteiger partial charge in [0.15, 0.2) is 0 Å². The van der Waals surface area contributed by atoms with E-state index >= 15 is 0 Å². The summed E-state index contributed by atoms with van der Waals surface area (Å²) in [5.41, 5.74) is 3.95. The summed E-state index contributed by atoms with van der Waals surface area (Å²) in [6.07, 6.45) is 1.68. The first-order valence-electron chi connectivity index (χ1n) is 7.10. The third-order valence-electron chi connectivity index (χ3n) is 3.32. The van der Waals surface area contributed by atoms with Crippen LogP contribution in [0.5, 0.6) is 10.9 Å². The molecule has 4 rings (SSSR count). The maximum Gasteiger partial charge on any atom is 0.278 e. The molecule has 4 aromatic rings. The second kappa shape index (κ2) is 6.38. The van der Waals surface area contributed by atoms with Gasteiger partial charge in [-0.3, -0.25) is 4.79 Å². The second-order valence-corrected chi connectivity index (χ2v) is 6.66. The van der Waals surface area contributed by atoms with Gasteiger partial charge in [0, 0.05) is 22.8 Å². The molecule has 0 bridgehead atoms. The Morgan fingerprint density at radius 1 is 1.04 bits per heavy atom. The van der Waals surface area contributed by atoms with E-state index in [0.717, 1.165) is 15.9 Å². The van der Waals surface area contributed by atoms with Gasteiger partial charge in [-0.05, 0) is 42.5 Å². The van der Waals surface area contributed by atoms with E-state index < -0.39 is 0 Å². The number of amides is 1. The molecule has 2 aromatic heterocycles. The van der Waals surface area contributed by atoms with Crippen LogP contribution in [0, 0.1) is 0 Å². The van der Waals surface area contributed by atoms with Gasteiger partial charge in [0.05, 0.1) is 15.7 Å². The second-order valence-electron chi connectivity index (χ2n) is 4.91. The van der Waals surface area contributed by atoms with Gasteiger partial charge in [0.1, 0.15) is 5.75 Å². The Morgan fingerprint density at radius 2 is 1.92 bits per heavy atom. The van der Waals surface area contributed by atoms with Crippen molar-refractivity contribution in [1.29, 1.82) is 0 Å². The molecule has 0 saturated heterocycles. The van der Waals surface area contributed by atoms with E-state index in [0.29, 0.717) is 16.5 Å². The summed E-state index contributed by atoms with van der Waals surface area (Å²) in [7, 11) is 0. The zero-order chi connectivity index (χ0) is 16.4. The van der Waals surface area contributed by atoms with Gasteiger partial charge in [-0.1, -0.05) is 11.3 Å². The lowest BCUT2D eigenvalue weighted by Crippen LogP contribution is -2.11. The van der Waals surface area contributed by atoms with Crippen molar-refractivity contribution in [3.8, 4) is 10.9 Å². The number of fused-ring (bicyclic) bond motifs is 1. The van der Waals surface area contributed by atoms with Crippen LogP contribution in [0.2, 0.25) is 0 Å². The highest BCUT2D eigenvalue weighted by Crippen LogP contribution is 2.24. The fourth-order valence-electron chi connectivity index (χ4n) is 2.17. The molecule has 7 heteroatoms. The highest BCUT2D eigenvalue weighted by atomic mass is 32.1. The van der Waals surface area contributed by atoms with Crippen molar-refractivity contribution in [3.05, 3.63) is 65.1 Å². The van der Waals surface area contributed by atoms with Crippen LogP contribution in [0.3, 0.4) is 0 Å². The van der Waals surface area contributed by atoms with Crippen LogP contribution in [0.25, 0.3) is 10.2 Å². The van der Waals surface area contributed by atoms with Crippen molar-refractivity contribution in [1.82, 2.24) is 9.97 Å². The molecular formula is C17H11N3O2S2. The van der Waals surface area contributed by atoms with E-state index in [9.17, 15) is 4.79 Å². The van der Waals surface area contributed by atoms with Crippen molar-refractivity contribution >= 4 is 44.5 Å². The van der Waals surface area contributed by atoms with Crippen molar-refractivity contribution < 1.29 is 9.53 Å². The lowest BCUT2D eigenvalue weighted by molar-refractivity contribution is 0.102. The smallest absolute Gasteiger partial charge is 0.278 e. The number of nitrogens with zero attached hydrogens (tertiary/aromatic N) is 2. The van der Waals surface area contributed by atoms with Crippen molar-refractivity contribution in [2.24, 2.45) is 0 Å². The quantitative estimate of drug-likeness (QED) is 0.572. The number of thiazole rings is 2. The van der Waals surface area contributed by atoms with E-state index in [-0.39, 0.29) is 5.91 Å². The Labute approximate surface area is 145 Å². The Kier molecular flexibility index (Phi) is 3.94. The fraction of sp³-hybridized carbons (Fsp3) is 0. The highest BCUT2D eigenvalue weighted by Gasteiger charge is 2.08. The zero-order valence-corrected chi connectivity index (χ0v) is 13.9. The van der Waals surface area contributed by atoms with Crippen LogP contribution in [0.4, 0.5) is 5.69 Å². The lowest BCUT2D eigenvalue weighted by atomic mass is 10.2. The fourth-order valence-corrected chi connectivity index (χ4v) is 3.34. The molecule has 5 nitrogen and oxygen atoms in total. The van der Waals surface area contributed by atoms with Crippen molar-refractivity contribution in [3.63, 3.8) is 0 Å². The van der Waals surface area contributed by atoms with Crippen LogP contribution >= 0.6 is 22.7 Å². The molecule has 0 fully saturated rings. The summed E-state index contributed by atoms with van der Waals surface area (Å²) in [6, 6.07) is 12.6. The van der Waals surface area contributed by atoms with Crippen LogP contribution in [0.1, 0.15) is 10.4 Å². The minimum absolute atomic E-state index is 0.176. The Hall–Kier alpha value is -2.77. The first kappa shape index (κ1) is 14.8. The molecule has 1 amide bonds. The number of aromatic nitrogens is 2. The molecule has 0 atom stereocenters. The first-order chi connectivity index (χ1) is 11.8. The molecule has 0 saturated carbocycles. The van der Waals surface area contributed by atoms with Crippen LogP contribution < -0.4 is 10.1 Å².